The Hall–Kier alpha value is -3.16. The van der Waals surface area contributed by atoms with Gasteiger partial charge in [-0.05, 0) is 24.5 Å². The van der Waals surface area contributed by atoms with E-state index >= 15 is 0 Å². The van der Waals surface area contributed by atoms with Crippen molar-refractivity contribution in [1.82, 2.24) is 14.7 Å². The molecule has 2 fully saturated rings. The molecule has 2 heterocycles. The van der Waals surface area contributed by atoms with Gasteiger partial charge in [-0.1, -0.05) is 61.2 Å². The molecule has 0 radical (unpaired) electrons. The molecule has 2 aromatic rings. The molecular formula is C27H33N3O4. The lowest BCUT2D eigenvalue weighted by Gasteiger charge is -2.42. The summed E-state index contributed by atoms with van der Waals surface area (Å²) in [5.41, 5.74) is 1.32. The molecule has 7 heteroatoms. The summed E-state index contributed by atoms with van der Waals surface area (Å²) in [7, 11) is 1.58. The molecule has 180 valence electrons. The van der Waals surface area contributed by atoms with Crippen LogP contribution < -0.4 is 4.74 Å². The zero-order chi connectivity index (χ0) is 24.0. The monoisotopic (exact) mass is 463 g/mol. The van der Waals surface area contributed by atoms with Crippen LogP contribution in [0.3, 0.4) is 0 Å². The maximum Gasteiger partial charge on any atom is 0.328 e. The molecule has 1 spiro atoms. The molecule has 2 aliphatic heterocycles. The highest BCUT2D eigenvalue weighted by Gasteiger charge is 2.57. The SMILES string of the molecule is C=CCOc1ccccc1CN1CCC2(CC1)C(=O)N(CCOC)C(=O)N2Cc1ccccc1. The summed E-state index contributed by atoms with van der Waals surface area (Å²) in [5, 5.41) is 0. The predicted octanol–water partition coefficient (Wildman–Crippen LogP) is 3.70. The Morgan fingerprint density at radius 3 is 2.41 bits per heavy atom. The molecule has 34 heavy (non-hydrogen) atoms. The van der Waals surface area contributed by atoms with E-state index in [4.69, 9.17) is 9.47 Å². The van der Waals surface area contributed by atoms with E-state index in [0.29, 0.717) is 32.6 Å². The van der Waals surface area contributed by atoms with Gasteiger partial charge in [0.1, 0.15) is 17.9 Å². The largest absolute Gasteiger partial charge is 0.489 e. The first kappa shape index (κ1) is 24.0. The first-order valence-electron chi connectivity index (χ1n) is 11.8. The molecule has 0 aromatic heterocycles. The number of hydrogen-bond acceptors (Lipinski definition) is 5. The van der Waals surface area contributed by atoms with E-state index in [0.717, 1.165) is 36.5 Å². The summed E-state index contributed by atoms with van der Waals surface area (Å²) in [6.45, 7) is 7.39. The molecule has 0 aliphatic carbocycles. The third-order valence-electron chi connectivity index (χ3n) is 6.73. The van der Waals surface area contributed by atoms with Crippen LogP contribution in [-0.2, 0) is 22.6 Å². The van der Waals surface area contributed by atoms with Gasteiger partial charge in [0.15, 0.2) is 0 Å². The van der Waals surface area contributed by atoms with Gasteiger partial charge in [-0.2, -0.15) is 0 Å². The van der Waals surface area contributed by atoms with Gasteiger partial charge >= 0.3 is 6.03 Å². The number of ether oxygens (including phenoxy) is 2. The molecule has 0 unspecified atom stereocenters. The van der Waals surface area contributed by atoms with Gasteiger partial charge in [0.25, 0.3) is 5.91 Å². The van der Waals surface area contributed by atoms with E-state index in [1.807, 2.05) is 48.5 Å². The molecule has 0 bridgehead atoms. The van der Waals surface area contributed by atoms with Gasteiger partial charge in [0.05, 0.1) is 13.2 Å². The van der Waals surface area contributed by atoms with Crippen molar-refractivity contribution in [3.8, 4) is 5.75 Å². The molecule has 0 saturated carbocycles. The van der Waals surface area contributed by atoms with E-state index in [1.165, 1.54) is 4.90 Å². The first-order chi connectivity index (χ1) is 16.6. The average Bonchev–Trinajstić information content (AvgIpc) is 3.05. The number of likely N-dealkylation sites (tertiary alicyclic amines) is 1. The number of nitrogens with zero attached hydrogens (tertiary/aromatic N) is 3. The number of hydrogen-bond donors (Lipinski definition) is 0. The number of carbonyl (C=O) groups excluding carboxylic acids is 2. The number of rotatable bonds is 10. The fraction of sp³-hybridized carbons (Fsp3) is 0.407. The van der Waals surface area contributed by atoms with Crippen LogP contribution in [-0.4, -0.2) is 72.1 Å². The Morgan fingerprint density at radius 1 is 1.00 bits per heavy atom. The van der Waals surface area contributed by atoms with Crippen LogP contribution in [0.1, 0.15) is 24.0 Å². The van der Waals surface area contributed by atoms with Crippen LogP contribution in [0, 0.1) is 0 Å². The minimum atomic E-state index is -0.809. The Bertz CT molecular complexity index is 1000. The normalized spacial score (nSPS) is 18.0. The molecule has 7 nitrogen and oxygen atoms in total. The summed E-state index contributed by atoms with van der Waals surface area (Å²) in [6, 6.07) is 17.7. The van der Waals surface area contributed by atoms with Crippen molar-refractivity contribution in [3.63, 3.8) is 0 Å². The van der Waals surface area contributed by atoms with Crippen LogP contribution >= 0.6 is 0 Å². The Labute approximate surface area is 201 Å². The van der Waals surface area contributed by atoms with Crippen LogP contribution in [0.4, 0.5) is 4.79 Å². The molecular weight excluding hydrogens is 430 g/mol. The van der Waals surface area contributed by atoms with E-state index in [2.05, 4.69) is 17.5 Å². The highest BCUT2D eigenvalue weighted by atomic mass is 16.5. The third-order valence-corrected chi connectivity index (χ3v) is 6.73. The molecule has 4 rings (SSSR count). The molecule has 0 atom stereocenters. The van der Waals surface area contributed by atoms with Crippen molar-refractivity contribution in [3.05, 3.63) is 78.4 Å². The Morgan fingerprint density at radius 2 is 1.71 bits per heavy atom. The molecule has 2 saturated heterocycles. The van der Waals surface area contributed by atoms with Crippen molar-refractivity contribution in [1.29, 1.82) is 0 Å². The summed E-state index contributed by atoms with van der Waals surface area (Å²) in [4.78, 5) is 32.4. The third kappa shape index (κ3) is 4.86. The average molecular weight is 464 g/mol. The zero-order valence-electron chi connectivity index (χ0n) is 19.8. The van der Waals surface area contributed by atoms with E-state index < -0.39 is 5.54 Å². The van der Waals surface area contributed by atoms with E-state index in [1.54, 1.807) is 18.1 Å². The maximum atomic E-state index is 13.6. The number of benzene rings is 2. The van der Waals surface area contributed by atoms with Gasteiger partial charge in [0, 0.05) is 38.9 Å². The van der Waals surface area contributed by atoms with Gasteiger partial charge in [-0.15, -0.1) is 0 Å². The van der Waals surface area contributed by atoms with Gasteiger partial charge < -0.3 is 14.4 Å². The van der Waals surface area contributed by atoms with Crippen LogP contribution in [0.5, 0.6) is 5.75 Å². The topological polar surface area (TPSA) is 62.3 Å². The summed E-state index contributed by atoms with van der Waals surface area (Å²) < 4.78 is 11.0. The van der Waals surface area contributed by atoms with Gasteiger partial charge in [-0.25, -0.2) is 4.79 Å². The zero-order valence-corrected chi connectivity index (χ0v) is 19.8. The number of urea groups is 1. The molecule has 2 aliphatic rings. The van der Waals surface area contributed by atoms with Crippen molar-refractivity contribution < 1.29 is 19.1 Å². The minimum Gasteiger partial charge on any atom is -0.489 e. The maximum absolute atomic E-state index is 13.6. The number of piperidine rings is 1. The fourth-order valence-corrected chi connectivity index (χ4v) is 4.88. The van der Waals surface area contributed by atoms with Gasteiger partial charge in [0.2, 0.25) is 0 Å². The molecule has 3 amide bonds. The second-order valence-electron chi connectivity index (χ2n) is 8.82. The summed E-state index contributed by atoms with van der Waals surface area (Å²) in [6.07, 6.45) is 2.94. The predicted molar refractivity (Wildman–Crippen MR) is 130 cm³/mol. The second kappa shape index (κ2) is 10.8. The molecule has 2 aromatic carbocycles. The fourth-order valence-electron chi connectivity index (χ4n) is 4.88. The number of carbonyl (C=O) groups is 2. The van der Waals surface area contributed by atoms with E-state index in [9.17, 15) is 9.59 Å². The van der Waals surface area contributed by atoms with Crippen LogP contribution in [0.25, 0.3) is 0 Å². The Kier molecular flexibility index (Phi) is 7.65. The number of methoxy groups -OCH3 is 1. The van der Waals surface area contributed by atoms with Crippen LogP contribution in [0.2, 0.25) is 0 Å². The molecule has 0 N–H and O–H groups in total. The number of imide groups is 1. The summed E-state index contributed by atoms with van der Waals surface area (Å²) >= 11 is 0. The number of amides is 3. The lowest BCUT2D eigenvalue weighted by molar-refractivity contribution is -0.136. The minimum absolute atomic E-state index is 0.0974. The first-order valence-corrected chi connectivity index (χ1v) is 11.8. The quantitative estimate of drug-likeness (QED) is 0.397. The lowest BCUT2D eigenvalue weighted by Crippen LogP contribution is -2.56. The van der Waals surface area contributed by atoms with Crippen LogP contribution in [0.15, 0.2) is 67.3 Å². The number of para-hydroxylation sites is 1. The van der Waals surface area contributed by atoms with Crippen molar-refractivity contribution in [2.24, 2.45) is 0 Å². The highest BCUT2D eigenvalue weighted by Crippen LogP contribution is 2.39. The summed E-state index contributed by atoms with van der Waals surface area (Å²) in [5.74, 6) is 0.756. The van der Waals surface area contributed by atoms with Gasteiger partial charge in [-0.3, -0.25) is 14.6 Å². The smallest absolute Gasteiger partial charge is 0.328 e. The van der Waals surface area contributed by atoms with E-state index in [-0.39, 0.29) is 18.5 Å². The van der Waals surface area contributed by atoms with Crippen molar-refractivity contribution in [2.45, 2.75) is 31.5 Å². The van der Waals surface area contributed by atoms with Crippen molar-refractivity contribution in [2.75, 3.05) is 40.0 Å². The second-order valence-corrected chi connectivity index (χ2v) is 8.82. The highest BCUT2D eigenvalue weighted by molar-refractivity contribution is 6.07. The lowest BCUT2D eigenvalue weighted by atomic mass is 9.85. The Balaban J connectivity index is 1.51. The standard InChI is InChI=1S/C27H33N3O4/c1-3-18-34-24-12-8-7-11-23(24)21-28-15-13-27(14-16-28)25(31)29(17-19-33-2)26(32)30(27)20-22-9-5-4-6-10-22/h3-12H,1,13-21H2,2H3. The van der Waals surface area contributed by atoms with Crippen molar-refractivity contribution >= 4 is 11.9 Å².